The van der Waals surface area contributed by atoms with Gasteiger partial charge in [0.25, 0.3) is 0 Å². The lowest BCUT2D eigenvalue weighted by atomic mass is 9.46. The molecule has 118 valence electrons. The Morgan fingerprint density at radius 1 is 1.24 bits per heavy atom. The third-order valence-electron chi connectivity index (χ3n) is 7.29. The van der Waals surface area contributed by atoms with E-state index in [9.17, 15) is 5.11 Å². The molecule has 2 saturated carbocycles. The Balaban J connectivity index is 2.01. The molecule has 0 spiro atoms. The first-order valence-corrected chi connectivity index (χ1v) is 8.75. The molecule has 0 aliphatic heterocycles. The van der Waals surface area contributed by atoms with Crippen molar-refractivity contribution in [2.75, 3.05) is 0 Å². The molecule has 5 atom stereocenters. The second-order valence-electron chi connectivity index (χ2n) is 9.07. The first-order valence-electron chi connectivity index (χ1n) is 8.75. The Morgan fingerprint density at radius 3 is 2.62 bits per heavy atom. The van der Waals surface area contributed by atoms with Gasteiger partial charge < -0.3 is 5.11 Å². The third-order valence-corrected chi connectivity index (χ3v) is 7.29. The number of allylic oxidation sites excluding steroid dienone is 3. The van der Waals surface area contributed by atoms with E-state index in [-0.39, 0.29) is 16.9 Å². The Morgan fingerprint density at radius 2 is 1.95 bits per heavy atom. The second-order valence-corrected chi connectivity index (χ2v) is 9.07. The average molecular weight is 288 g/mol. The standard InChI is InChI=1S/C20H32O/c1-6-19(4)12-14-9-10-15-16(8-7-11-18(15,2)3)20(14,5)17(21)13-19/h6,10,14,16-17,21H,1,7-9,11-13H2,2-5H3/t14-,16-,17+,19+,20-/m0/s1. The van der Waals surface area contributed by atoms with E-state index in [1.54, 1.807) is 5.57 Å². The van der Waals surface area contributed by atoms with E-state index in [4.69, 9.17) is 0 Å². The highest BCUT2D eigenvalue weighted by atomic mass is 16.3. The van der Waals surface area contributed by atoms with Crippen LogP contribution in [0.1, 0.15) is 66.2 Å². The maximum atomic E-state index is 11.1. The largest absolute Gasteiger partial charge is 0.392 e. The van der Waals surface area contributed by atoms with Gasteiger partial charge in [-0.3, -0.25) is 0 Å². The van der Waals surface area contributed by atoms with Crippen LogP contribution in [0.2, 0.25) is 0 Å². The van der Waals surface area contributed by atoms with Gasteiger partial charge in [0.2, 0.25) is 0 Å². The highest BCUT2D eigenvalue weighted by molar-refractivity contribution is 5.27. The zero-order chi connectivity index (χ0) is 15.5. The maximum absolute atomic E-state index is 11.1. The molecule has 0 amide bonds. The van der Waals surface area contributed by atoms with Crippen molar-refractivity contribution < 1.29 is 5.11 Å². The molecule has 0 radical (unpaired) electrons. The second kappa shape index (κ2) is 4.72. The molecule has 3 aliphatic carbocycles. The number of aliphatic hydroxyl groups is 1. The molecule has 0 heterocycles. The molecule has 21 heavy (non-hydrogen) atoms. The summed E-state index contributed by atoms with van der Waals surface area (Å²) in [5.41, 5.74) is 2.16. The molecular formula is C20H32O. The van der Waals surface area contributed by atoms with Crippen LogP contribution in [-0.4, -0.2) is 11.2 Å². The van der Waals surface area contributed by atoms with Gasteiger partial charge in [-0.1, -0.05) is 51.8 Å². The molecule has 1 heteroatoms. The molecule has 3 aliphatic rings. The van der Waals surface area contributed by atoms with Crippen molar-refractivity contribution in [2.24, 2.45) is 28.1 Å². The van der Waals surface area contributed by atoms with Gasteiger partial charge in [-0.05, 0) is 54.8 Å². The van der Waals surface area contributed by atoms with Gasteiger partial charge in [-0.25, -0.2) is 0 Å². The Hall–Kier alpha value is -0.560. The van der Waals surface area contributed by atoms with E-state index in [2.05, 4.69) is 46.4 Å². The normalized spacial score (nSPS) is 48.8. The number of rotatable bonds is 1. The van der Waals surface area contributed by atoms with Crippen LogP contribution in [0, 0.1) is 28.1 Å². The number of fused-ring (bicyclic) bond motifs is 3. The molecule has 0 unspecified atom stereocenters. The van der Waals surface area contributed by atoms with Gasteiger partial charge >= 0.3 is 0 Å². The Kier molecular flexibility index (Phi) is 3.44. The summed E-state index contributed by atoms with van der Waals surface area (Å²) in [5, 5.41) is 11.1. The van der Waals surface area contributed by atoms with Crippen molar-refractivity contribution in [3.63, 3.8) is 0 Å². The molecule has 0 aromatic carbocycles. The van der Waals surface area contributed by atoms with E-state index in [0.29, 0.717) is 17.3 Å². The molecule has 0 aromatic rings. The third kappa shape index (κ3) is 2.15. The molecule has 2 fully saturated rings. The minimum atomic E-state index is -0.193. The molecule has 1 N–H and O–H groups in total. The summed E-state index contributed by atoms with van der Waals surface area (Å²) in [7, 11) is 0. The zero-order valence-electron chi connectivity index (χ0n) is 14.3. The van der Waals surface area contributed by atoms with Crippen molar-refractivity contribution in [2.45, 2.75) is 72.3 Å². The zero-order valence-corrected chi connectivity index (χ0v) is 14.3. The Bertz CT molecular complexity index is 474. The van der Waals surface area contributed by atoms with E-state index < -0.39 is 0 Å². The summed E-state index contributed by atoms with van der Waals surface area (Å²) in [6, 6.07) is 0. The minimum Gasteiger partial charge on any atom is -0.392 e. The monoisotopic (exact) mass is 288 g/mol. The van der Waals surface area contributed by atoms with Crippen LogP contribution in [0.5, 0.6) is 0 Å². The van der Waals surface area contributed by atoms with Gasteiger partial charge in [0, 0.05) is 5.41 Å². The minimum absolute atomic E-state index is 0.0737. The summed E-state index contributed by atoms with van der Waals surface area (Å²) in [5.74, 6) is 1.19. The average Bonchev–Trinajstić information content (AvgIpc) is 2.41. The molecule has 0 aromatic heterocycles. The summed E-state index contributed by atoms with van der Waals surface area (Å²) < 4.78 is 0. The van der Waals surface area contributed by atoms with Crippen LogP contribution >= 0.6 is 0 Å². The van der Waals surface area contributed by atoms with Crippen LogP contribution in [-0.2, 0) is 0 Å². The highest BCUT2D eigenvalue weighted by Crippen LogP contribution is 2.63. The van der Waals surface area contributed by atoms with Gasteiger partial charge in [-0.2, -0.15) is 0 Å². The van der Waals surface area contributed by atoms with Gasteiger partial charge in [-0.15, -0.1) is 6.58 Å². The number of hydrogen-bond donors (Lipinski definition) is 1. The smallest absolute Gasteiger partial charge is 0.0610 e. The SMILES string of the molecule is C=C[C@]1(C)C[C@@H]2CC=C3[C@H](CCCC3(C)C)[C@@]2(C)[C@H](O)C1. The molecule has 0 bridgehead atoms. The van der Waals surface area contributed by atoms with Crippen LogP contribution < -0.4 is 0 Å². The molecular weight excluding hydrogens is 256 g/mol. The van der Waals surface area contributed by atoms with Crippen LogP contribution in [0.15, 0.2) is 24.3 Å². The van der Waals surface area contributed by atoms with Crippen LogP contribution in [0.3, 0.4) is 0 Å². The van der Waals surface area contributed by atoms with Crippen LogP contribution in [0.25, 0.3) is 0 Å². The van der Waals surface area contributed by atoms with Crippen molar-refractivity contribution in [1.29, 1.82) is 0 Å². The topological polar surface area (TPSA) is 20.2 Å². The van der Waals surface area contributed by atoms with Crippen molar-refractivity contribution in [1.82, 2.24) is 0 Å². The first kappa shape index (κ1) is 15.3. The quantitative estimate of drug-likeness (QED) is 0.665. The van der Waals surface area contributed by atoms with Gasteiger partial charge in [0.15, 0.2) is 0 Å². The van der Waals surface area contributed by atoms with E-state index in [1.165, 1.54) is 25.7 Å². The maximum Gasteiger partial charge on any atom is 0.0610 e. The molecule has 3 rings (SSSR count). The fourth-order valence-electron chi connectivity index (χ4n) is 5.67. The van der Waals surface area contributed by atoms with Crippen molar-refractivity contribution in [3.8, 4) is 0 Å². The lowest BCUT2D eigenvalue weighted by molar-refractivity contribution is -0.116. The number of aliphatic hydroxyl groups excluding tert-OH is 1. The lowest BCUT2D eigenvalue weighted by Crippen LogP contribution is -2.56. The van der Waals surface area contributed by atoms with Gasteiger partial charge in [0.05, 0.1) is 6.10 Å². The predicted octanol–water partition coefficient (Wildman–Crippen LogP) is 5.11. The van der Waals surface area contributed by atoms with Gasteiger partial charge in [0.1, 0.15) is 0 Å². The highest BCUT2D eigenvalue weighted by Gasteiger charge is 2.57. The van der Waals surface area contributed by atoms with E-state index in [0.717, 1.165) is 12.8 Å². The summed E-state index contributed by atoms with van der Waals surface area (Å²) in [4.78, 5) is 0. The molecule has 1 nitrogen and oxygen atoms in total. The van der Waals surface area contributed by atoms with Crippen molar-refractivity contribution >= 4 is 0 Å². The summed E-state index contributed by atoms with van der Waals surface area (Å²) >= 11 is 0. The lowest BCUT2D eigenvalue weighted by Gasteiger charge is -2.60. The van der Waals surface area contributed by atoms with E-state index in [1.807, 2.05) is 0 Å². The van der Waals surface area contributed by atoms with Crippen LogP contribution in [0.4, 0.5) is 0 Å². The van der Waals surface area contributed by atoms with Crippen molar-refractivity contribution in [3.05, 3.63) is 24.3 Å². The first-order chi connectivity index (χ1) is 9.73. The summed E-state index contributed by atoms with van der Waals surface area (Å²) in [6.45, 7) is 13.5. The number of hydrogen-bond acceptors (Lipinski definition) is 1. The summed E-state index contributed by atoms with van der Waals surface area (Å²) in [6.07, 6.45) is 11.5. The molecule has 0 saturated heterocycles. The predicted molar refractivity (Wildman–Crippen MR) is 89.0 cm³/mol. The fourth-order valence-corrected chi connectivity index (χ4v) is 5.67. The Labute approximate surface area is 130 Å². The fraction of sp³-hybridized carbons (Fsp3) is 0.800. The van der Waals surface area contributed by atoms with E-state index >= 15 is 0 Å².